The molecule has 0 aliphatic heterocycles. The van der Waals surface area contributed by atoms with E-state index in [1.165, 1.54) is 6.33 Å². The van der Waals surface area contributed by atoms with E-state index in [0.29, 0.717) is 17.2 Å². The predicted molar refractivity (Wildman–Crippen MR) is 139 cm³/mol. The molecule has 2 aromatic carbocycles. The van der Waals surface area contributed by atoms with Crippen molar-refractivity contribution in [2.45, 2.75) is 6.92 Å². The largest absolute Gasteiger partial charge is 0.346 e. The van der Waals surface area contributed by atoms with Crippen molar-refractivity contribution in [3.8, 4) is 17.3 Å². The maximum atomic E-state index is 9.06. The summed E-state index contributed by atoms with van der Waals surface area (Å²) in [5.74, 6) is 1.33. The number of benzene rings is 2. The zero-order chi connectivity index (χ0) is 24.5. The second-order valence-electron chi connectivity index (χ2n) is 8.18. The van der Waals surface area contributed by atoms with Gasteiger partial charge in [0.05, 0.1) is 28.5 Å². The Labute approximate surface area is 205 Å². The Morgan fingerprint density at radius 2 is 1.67 bits per heavy atom. The van der Waals surface area contributed by atoms with E-state index < -0.39 is 0 Å². The van der Waals surface area contributed by atoms with Gasteiger partial charge in [0.1, 0.15) is 29.9 Å². The fourth-order valence-electron chi connectivity index (χ4n) is 4.15. The Balaban J connectivity index is 1.43. The summed E-state index contributed by atoms with van der Waals surface area (Å²) in [6.45, 7) is 2.02. The lowest BCUT2D eigenvalue weighted by atomic mass is 10.1. The molecule has 0 aliphatic rings. The van der Waals surface area contributed by atoms with Crippen LogP contribution in [0.2, 0.25) is 0 Å². The summed E-state index contributed by atoms with van der Waals surface area (Å²) in [6.07, 6.45) is 6.67. The van der Waals surface area contributed by atoms with E-state index >= 15 is 0 Å². The molecular weight excluding hydrogens is 450 g/mol. The lowest BCUT2D eigenvalue weighted by Gasteiger charge is -2.16. The molecule has 0 bridgehead atoms. The number of nitrogens with zero attached hydrogens (tertiary/aromatic N) is 6. The van der Waals surface area contributed by atoms with E-state index in [1.807, 2.05) is 55.6 Å². The Morgan fingerprint density at radius 1 is 0.806 bits per heavy atom. The van der Waals surface area contributed by atoms with Gasteiger partial charge in [-0.25, -0.2) is 24.9 Å². The Morgan fingerprint density at radius 3 is 2.53 bits per heavy atom. The zero-order valence-electron chi connectivity index (χ0n) is 19.2. The van der Waals surface area contributed by atoms with Crippen LogP contribution in [0.25, 0.3) is 33.2 Å². The average Bonchev–Trinajstić information content (AvgIpc) is 3.40. The molecule has 0 amide bonds. The number of anilines is 4. The standard InChI is InChI=1S/C27H19N9/c1-16-4-9-20-24(32-15-34-27(20)35-18-7-5-17(13-28)6-8-18)22(16)36-26-19(3-2-11-29-26)23-21-10-12-30-25(21)33-14-31-23/h2-12,14-15H,1H3,(H,29,36)(H,30,31,33)(H,32,34,35). The SMILES string of the molecule is Cc1ccc2c(Nc3ccc(C#N)cc3)ncnc2c1Nc1ncccc1-c1ncnc2[nH]ccc12. The smallest absolute Gasteiger partial charge is 0.141 e. The van der Waals surface area contributed by atoms with Gasteiger partial charge in [0.25, 0.3) is 0 Å². The molecule has 172 valence electrons. The van der Waals surface area contributed by atoms with Gasteiger partial charge in [-0.3, -0.25) is 0 Å². The minimum Gasteiger partial charge on any atom is -0.346 e. The Bertz CT molecular complexity index is 1770. The second-order valence-corrected chi connectivity index (χ2v) is 8.18. The van der Waals surface area contributed by atoms with E-state index in [4.69, 9.17) is 5.26 Å². The fraction of sp³-hybridized carbons (Fsp3) is 0.0370. The first-order valence-corrected chi connectivity index (χ1v) is 11.2. The fourth-order valence-corrected chi connectivity index (χ4v) is 4.15. The highest BCUT2D eigenvalue weighted by Gasteiger charge is 2.16. The molecule has 0 spiro atoms. The van der Waals surface area contributed by atoms with Crippen molar-refractivity contribution in [3.63, 3.8) is 0 Å². The van der Waals surface area contributed by atoms with Gasteiger partial charge in [0.15, 0.2) is 0 Å². The molecule has 0 radical (unpaired) electrons. The second kappa shape index (κ2) is 8.77. The third kappa shape index (κ3) is 3.73. The first-order chi connectivity index (χ1) is 17.7. The maximum Gasteiger partial charge on any atom is 0.141 e. The Kier molecular flexibility index (Phi) is 5.16. The van der Waals surface area contributed by atoms with Gasteiger partial charge in [0, 0.05) is 34.4 Å². The molecule has 0 aliphatic carbocycles. The van der Waals surface area contributed by atoms with Crippen LogP contribution in [-0.2, 0) is 0 Å². The normalized spacial score (nSPS) is 10.9. The van der Waals surface area contributed by atoms with E-state index in [-0.39, 0.29) is 0 Å². The molecule has 4 aromatic heterocycles. The molecule has 4 heterocycles. The molecule has 0 saturated heterocycles. The van der Waals surface area contributed by atoms with Crippen LogP contribution in [0.1, 0.15) is 11.1 Å². The highest BCUT2D eigenvalue weighted by Crippen LogP contribution is 2.35. The van der Waals surface area contributed by atoms with Crippen LogP contribution in [-0.4, -0.2) is 29.9 Å². The van der Waals surface area contributed by atoms with Gasteiger partial charge in [-0.15, -0.1) is 0 Å². The molecule has 0 saturated carbocycles. The van der Waals surface area contributed by atoms with Gasteiger partial charge < -0.3 is 15.6 Å². The number of fused-ring (bicyclic) bond motifs is 2. The molecule has 0 atom stereocenters. The summed E-state index contributed by atoms with van der Waals surface area (Å²) in [5.41, 5.74) is 6.43. The number of nitrogens with one attached hydrogen (secondary N) is 3. The van der Waals surface area contributed by atoms with Crippen LogP contribution in [0.5, 0.6) is 0 Å². The van der Waals surface area contributed by atoms with Crippen LogP contribution in [0.4, 0.5) is 23.0 Å². The van der Waals surface area contributed by atoms with E-state index in [2.05, 4.69) is 46.6 Å². The molecule has 0 fully saturated rings. The highest BCUT2D eigenvalue weighted by molar-refractivity contribution is 6.01. The van der Waals surface area contributed by atoms with Gasteiger partial charge in [0.2, 0.25) is 0 Å². The van der Waals surface area contributed by atoms with Crippen molar-refractivity contribution in [1.29, 1.82) is 5.26 Å². The number of rotatable bonds is 5. The summed E-state index contributed by atoms with van der Waals surface area (Å²) in [7, 11) is 0. The number of pyridine rings is 1. The molecule has 6 rings (SSSR count). The first kappa shape index (κ1) is 21.2. The summed E-state index contributed by atoms with van der Waals surface area (Å²) >= 11 is 0. The summed E-state index contributed by atoms with van der Waals surface area (Å²) < 4.78 is 0. The zero-order valence-corrected chi connectivity index (χ0v) is 19.2. The molecule has 0 unspecified atom stereocenters. The summed E-state index contributed by atoms with van der Waals surface area (Å²) in [4.78, 5) is 25.7. The molecule has 9 nitrogen and oxygen atoms in total. The van der Waals surface area contributed by atoms with Crippen molar-refractivity contribution in [1.82, 2.24) is 29.9 Å². The quantitative estimate of drug-likeness (QED) is 0.296. The minimum atomic E-state index is 0.599. The lowest BCUT2D eigenvalue weighted by molar-refractivity contribution is 1.19. The number of hydrogen-bond acceptors (Lipinski definition) is 8. The van der Waals surface area contributed by atoms with E-state index in [9.17, 15) is 0 Å². The number of aromatic amines is 1. The third-order valence-corrected chi connectivity index (χ3v) is 5.95. The highest BCUT2D eigenvalue weighted by atomic mass is 15.0. The average molecular weight is 470 g/mol. The topological polar surface area (TPSA) is 128 Å². The lowest BCUT2D eigenvalue weighted by Crippen LogP contribution is -2.03. The van der Waals surface area contributed by atoms with Gasteiger partial charge in [-0.05, 0) is 61.0 Å². The van der Waals surface area contributed by atoms with Crippen LogP contribution < -0.4 is 10.6 Å². The number of nitriles is 1. The van der Waals surface area contributed by atoms with Crippen LogP contribution in [0, 0.1) is 18.3 Å². The van der Waals surface area contributed by atoms with Crippen LogP contribution in [0.3, 0.4) is 0 Å². The third-order valence-electron chi connectivity index (χ3n) is 5.95. The molecule has 3 N–H and O–H groups in total. The number of hydrogen-bond donors (Lipinski definition) is 3. The van der Waals surface area contributed by atoms with Crippen LogP contribution >= 0.6 is 0 Å². The van der Waals surface area contributed by atoms with Crippen molar-refractivity contribution in [2.24, 2.45) is 0 Å². The monoisotopic (exact) mass is 469 g/mol. The van der Waals surface area contributed by atoms with Crippen LogP contribution in [0.15, 0.2) is 79.6 Å². The summed E-state index contributed by atoms with van der Waals surface area (Å²) in [6, 6.07) is 19.2. The predicted octanol–water partition coefficient (Wildman–Crippen LogP) is 5.63. The number of H-pyrrole nitrogens is 1. The molecule has 36 heavy (non-hydrogen) atoms. The molecule has 6 aromatic rings. The maximum absolute atomic E-state index is 9.06. The van der Waals surface area contributed by atoms with E-state index in [1.54, 1.807) is 24.7 Å². The summed E-state index contributed by atoms with van der Waals surface area (Å²) in [5, 5.41) is 17.7. The minimum absolute atomic E-state index is 0.599. The number of aryl methyl sites for hydroxylation is 1. The first-order valence-electron chi connectivity index (χ1n) is 11.2. The van der Waals surface area contributed by atoms with Gasteiger partial charge >= 0.3 is 0 Å². The van der Waals surface area contributed by atoms with Crippen molar-refractivity contribution >= 4 is 44.9 Å². The van der Waals surface area contributed by atoms with Crippen molar-refractivity contribution in [2.75, 3.05) is 10.6 Å². The Hall–Kier alpha value is -5.36. The van der Waals surface area contributed by atoms with Gasteiger partial charge in [-0.2, -0.15) is 5.26 Å². The van der Waals surface area contributed by atoms with Crippen molar-refractivity contribution < 1.29 is 0 Å². The van der Waals surface area contributed by atoms with Gasteiger partial charge in [-0.1, -0.05) is 6.07 Å². The van der Waals surface area contributed by atoms with Crippen molar-refractivity contribution in [3.05, 3.63) is 90.8 Å². The molecular formula is C27H19N9. The molecule has 9 heteroatoms. The van der Waals surface area contributed by atoms with E-state index in [0.717, 1.165) is 50.1 Å². The number of aromatic nitrogens is 6.